The maximum Gasteiger partial charge on any atom is 0.268 e. The molecule has 0 fully saturated rings. The van der Waals surface area contributed by atoms with Crippen molar-refractivity contribution in [1.29, 1.82) is 0 Å². The Balaban J connectivity index is 4.05. The van der Waals surface area contributed by atoms with Crippen LogP contribution in [-0.4, -0.2) is 68.5 Å². The first-order valence-electron chi connectivity index (χ1n) is 34.7. The Morgan fingerprint density at radius 3 is 1.00 bits per heavy atom. The smallest absolute Gasteiger partial charge is 0.268 e. The van der Waals surface area contributed by atoms with E-state index in [1.54, 1.807) is 6.08 Å². The molecule has 9 heteroatoms. The number of quaternary nitrogens is 1. The van der Waals surface area contributed by atoms with Crippen molar-refractivity contribution < 1.29 is 32.9 Å². The number of carbonyl (C=O) groups is 1. The lowest BCUT2D eigenvalue weighted by Gasteiger charge is -2.29. The van der Waals surface area contributed by atoms with E-state index in [2.05, 4.69) is 31.3 Å². The summed E-state index contributed by atoms with van der Waals surface area (Å²) in [5.41, 5.74) is 0. The van der Waals surface area contributed by atoms with Gasteiger partial charge in [0.1, 0.15) is 13.2 Å². The zero-order chi connectivity index (χ0) is 57.0. The van der Waals surface area contributed by atoms with Crippen LogP contribution in [0.1, 0.15) is 361 Å². The highest BCUT2D eigenvalue weighted by Crippen LogP contribution is 2.38. The number of allylic oxidation sites excluding steroid dienone is 3. The van der Waals surface area contributed by atoms with Crippen molar-refractivity contribution in [1.82, 2.24) is 5.32 Å². The van der Waals surface area contributed by atoms with Crippen LogP contribution >= 0.6 is 7.82 Å². The number of rotatable bonds is 65. The third-order valence-electron chi connectivity index (χ3n) is 16.2. The lowest BCUT2D eigenvalue weighted by Crippen LogP contribution is -2.45. The van der Waals surface area contributed by atoms with E-state index in [-0.39, 0.29) is 19.1 Å². The summed E-state index contributed by atoms with van der Waals surface area (Å²) in [7, 11) is 1.28. The minimum atomic E-state index is -4.60. The highest BCUT2D eigenvalue weighted by Gasteiger charge is 2.23. The molecule has 78 heavy (non-hydrogen) atoms. The summed E-state index contributed by atoms with van der Waals surface area (Å²) in [5, 5.41) is 14.0. The lowest BCUT2D eigenvalue weighted by molar-refractivity contribution is -0.870. The average molecular weight is 1120 g/mol. The standard InChI is InChI=1S/C69H137N2O6P/c1-6-8-10-12-14-16-18-20-22-24-26-28-30-32-34-35-37-39-41-43-45-47-49-51-53-55-57-59-61-63-69(73)70-67(66-77-78(74,75)76-65-64-71(3,4)5)68(72)62-60-58-56-54-52-50-48-46-44-42-40-38-36-33-31-29-27-25-23-21-19-17-15-13-11-9-7-2/h24,26,60,62,67-68,72H,6-23,25,27-59,61,63-66H2,1-5H3,(H-,70,73,74,75)/b26-24-,62-60+. The van der Waals surface area contributed by atoms with E-state index in [4.69, 9.17) is 9.05 Å². The molecule has 1 amide bonds. The molecule has 0 aromatic heterocycles. The summed E-state index contributed by atoms with van der Waals surface area (Å²) < 4.78 is 23.5. The molecule has 0 rings (SSSR count). The number of amides is 1. The molecule has 0 aromatic rings. The number of aliphatic hydroxyl groups is 1. The van der Waals surface area contributed by atoms with Crippen molar-refractivity contribution in [3.8, 4) is 0 Å². The molecule has 0 bridgehead atoms. The van der Waals surface area contributed by atoms with Crippen LogP contribution in [0.2, 0.25) is 0 Å². The van der Waals surface area contributed by atoms with Gasteiger partial charge in [0.25, 0.3) is 7.82 Å². The number of likely N-dealkylation sites (N-methyl/N-ethyl adjacent to an activating group) is 1. The van der Waals surface area contributed by atoms with Crippen molar-refractivity contribution in [2.75, 3.05) is 40.9 Å². The van der Waals surface area contributed by atoms with Crippen LogP contribution in [0.4, 0.5) is 0 Å². The monoisotopic (exact) mass is 1120 g/mol. The van der Waals surface area contributed by atoms with Gasteiger partial charge in [-0.05, 0) is 44.9 Å². The largest absolute Gasteiger partial charge is 0.756 e. The molecule has 8 nitrogen and oxygen atoms in total. The zero-order valence-corrected chi connectivity index (χ0v) is 54.0. The third-order valence-corrected chi connectivity index (χ3v) is 17.1. The van der Waals surface area contributed by atoms with E-state index in [1.165, 1.54) is 302 Å². The summed E-state index contributed by atoms with van der Waals surface area (Å²) in [6.45, 7) is 4.71. The first-order chi connectivity index (χ1) is 38.0. The van der Waals surface area contributed by atoms with Crippen molar-refractivity contribution in [2.45, 2.75) is 373 Å². The third kappa shape index (κ3) is 62.6. The van der Waals surface area contributed by atoms with Gasteiger partial charge in [-0.25, -0.2) is 0 Å². The van der Waals surface area contributed by atoms with Crippen LogP contribution in [0.5, 0.6) is 0 Å². The molecule has 3 atom stereocenters. The van der Waals surface area contributed by atoms with Crippen LogP contribution in [-0.2, 0) is 18.4 Å². The van der Waals surface area contributed by atoms with Crippen LogP contribution in [0.25, 0.3) is 0 Å². The lowest BCUT2D eigenvalue weighted by atomic mass is 10.0. The topological polar surface area (TPSA) is 108 Å². The molecular weight excluding hydrogens is 984 g/mol. The predicted molar refractivity (Wildman–Crippen MR) is 339 cm³/mol. The molecule has 0 saturated carbocycles. The number of carbonyl (C=O) groups excluding carboxylic acids is 1. The zero-order valence-electron chi connectivity index (χ0n) is 53.2. The normalized spacial score (nSPS) is 13.8. The van der Waals surface area contributed by atoms with Gasteiger partial charge in [0.2, 0.25) is 5.91 Å². The van der Waals surface area contributed by atoms with Gasteiger partial charge in [-0.2, -0.15) is 0 Å². The van der Waals surface area contributed by atoms with Gasteiger partial charge >= 0.3 is 0 Å². The van der Waals surface area contributed by atoms with Crippen LogP contribution in [0.15, 0.2) is 24.3 Å². The quantitative estimate of drug-likeness (QED) is 0.0272. The Labute approximate surface area is 487 Å². The summed E-state index contributed by atoms with van der Waals surface area (Å²) in [4.78, 5) is 25.6. The predicted octanol–water partition coefficient (Wildman–Crippen LogP) is 21.3. The van der Waals surface area contributed by atoms with E-state index in [1.807, 2.05) is 27.2 Å². The second kappa shape index (κ2) is 60.6. The van der Waals surface area contributed by atoms with Gasteiger partial charge in [-0.15, -0.1) is 0 Å². The number of hydrogen-bond acceptors (Lipinski definition) is 6. The fraction of sp³-hybridized carbons (Fsp3) is 0.928. The molecule has 0 aliphatic rings. The number of aliphatic hydroxyl groups excluding tert-OH is 1. The van der Waals surface area contributed by atoms with Crippen LogP contribution in [0.3, 0.4) is 0 Å². The Morgan fingerprint density at radius 1 is 0.436 bits per heavy atom. The fourth-order valence-corrected chi connectivity index (χ4v) is 11.5. The van der Waals surface area contributed by atoms with Crippen LogP contribution < -0.4 is 10.2 Å². The summed E-state index contributed by atoms with van der Waals surface area (Å²) >= 11 is 0. The number of phosphoric acid groups is 1. The minimum absolute atomic E-state index is 0.00178. The maximum absolute atomic E-state index is 13.0. The molecule has 0 heterocycles. The molecule has 0 aliphatic heterocycles. The molecule has 2 N–H and O–H groups in total. The van der Waals surface area contributed by atoms with E-state index in [9.17, 15) is 19.4 Å². The van der Waals surface area contributed by atoms with Gasteiger partial charge in [0.15, 0.2) is 0 Å². The van der Waals surface area contributed by atoms with Crippen molar-refractivity contribution in [2.24, 2.45) is 0 Å². The molecule has 464 valence electrons. The van der Waals surface area contributed by atoms with Gasteiger partial charge < -0.3 is 28.8 Å². The number of unbranched alkanes of at least 4 members (excludes halogenated alkanes) is 50. The Kier molecular flexibility index (Phi) is 59.8. The summed E-state index contributed by atoms with van der Waals surface area (Å²) in [5.74, 6) is -0.189. The molecule has 0 saturated heterocycles. The first-order valence-corrected chi connectivity index (χ1v) is 36.2. The SMILES string of the molecule is CCCCCCCCCC/C=C\CCCCCCCCCCCCCCCCCCCC(=O)NC(COP(=O)([O-])OCC[N+](C)(C)C)C(O)/C=C/CCCCCCCCCCCCCCCCCCCCCCCCCCC. The first kappa shape index (κ1) is 77.0. The van der Waals surface area contributed by atoms with Crippen LogP contribution in [0, 0.1) is 0 Å². The Morgan fingerprint density at radius 2 is 0.705 bits per heavy atom. The number of nitrogens with zero attached hydrogens (tertiary/aromatic N) is 1. The molecule has 0 aromatic carbocycles. The summed E-state index contributed by atoms with van der Waals surface area (Å²) in [6.07, 6.45) is 78.7. The van der Waals surface area contributed by atoms with Crippen molar-refractivity contribution in [3.63, 3.8) is 0 Å². The highest BCUT2D eigenvalue weighted by atomic mass is 31.2. The second-order valence-electron chi connectivity index (χ2n) is 25.2. The van der Waals surface area contributed by atoms with E-state index >= 15 is 0 Å². The number of phosphoric ester groups is 1. The van der Waals surface area contributed by atoms with E-state index in [0.29, 0.717) is 17.4 Å². The van der Waals surface area contributed by atoms with E-state index in [0.717, 1.165) is 38.5 Å². The van der Waals surface area contributed by atoms with Gasteiger partial charge in [0, 0.05) is 6.42 Å². The Bertz CT molecular complexity index is 1320. The second-order valence-corrected chi connectivity index (χ2v) is 26.7. The van der Waals surface area contributed by atoms with Gasteiger partial charge in [-0.3, -0.25) is 9.36 Å². The molecule has 0 aliphatic carbocycles. The van der Waals surface area contributed by atoms with Crippen molar-refractivity contribution in [3.05, 3.63) is 24.3 Å². The number of hydrogen-bond donors (Lipinski definition) is 2. The minimum Gasteiger partial charge on any atom is -0.756 e. The molecule has 0 radical (unpaired) electrons. The number of nitrogens with one attached hydrogen (secondary N) is 1. The summed E-state index contributed by atoms with van der Waals surface area (Å²) in [6, 6.07) is -0.885. The van der Waals surface area contributed by atoms with Gasteiger partial charge in [-0.1, -0.05) is 334 Å². The maximum atomic E-state index is 13.0. The molecule has 0 spiro atoms. The highest BCUT2D eigenvalue weighted by molar-refractivity contribution is 7.45. The fourth-order valence-electron chi connectivity index (χ4n) is 10.7. The van der Waals surface area contributed by atoms with E-state index < -0.39 is 20.0 Å². The Hall–Kier alpha value is -1.02. The van der Waals surface area contributed by atoms with Gasteiger partial charge in [0.05, 0.1) is 39.9 Å². The molecular formula is C69H137N2O6P. The molecule has 3 unspecified atom stereocenters. The van der Waals surface area contributed by atoms with Crippen molar-refractivity contribution >= 4 is 13.7 Å². The average Bonchev–Trinajstić information content (AvgIpc) is 3.41.